The van der Waals surface area contributed by atoms with Gasteiger partial charge in [-0.25, -0.2) is 4.79 Å². The van der Waals surface area contributed by atoms with Crippen LogP contribution < -0.4 is 11.4 Å². The second-order valence-corrected chi connectivity index (χ2v) is 5.60. The summed E-state index contributed by atoms with van der Waals surface area (Å²) < 4.78 is 6.75. The Morgan fingerprint density at radius 1 is 1.52 bits per heavy atom. The van der Waals surface area contributed by atoms with E-state index in [1.165, 1.54) is 10.8 Å². The fourth-order valence-electron chi connectivity index (χ4n) is 2.46. The van der Waals surface area contributed by atoms with Gasteiger partial charge in [0.1, 0.15) is 18.1 Å². The lowest BCUT2D eigenvalue weighted by atomic mass is 10.2. The highest BCUT2D eigenvalue weighted by molar-refractivity contribution is 5.48. The number of anilines is 1. The van der Waals surface area contributed by atoms with Crippen molar-refractivity contribution >= 4 is 5.82 Å². The predicted octanol–water partition coefficient (Wildman–Crippen LogP) is 0.398. The smallest absolute Gasteiger partial charge is 0.351 e. The van der Waals surface area contributed by atoms with Crippen molar-refractivity contribution in [2.45, 2.75) is 57.5 Å². The summed E-state index contributed by atoms with van der Waals surface area (Å²) in [5.74, 6) is 6.05. The van der Waals surface area contributed by atoms with Crippen molar-refractivity contribution < 1.29 is 14.9 Å². The van der Waals surface area contributed by atoms with E-state index in [2.05, 4.69) is 23.7 Å². The first-order valence-electron chi connectivity index (χ1n) is 7.88. The predicted molar refractivity (Wildman–Crippen MR) is 85.5 cm³/mol. The van der Waals surface area contributed by atoms with E-state index in [0.29, 0.717) is 5.56 Å². The summed E-state index contributed by atoms with van der Waals surface area (Å²) in [5, 5.41) is 18.9. The molecule has 0 bridgehead atoms. The van der Waals surface area contributed by atoms with Gasteiger partial charge >= 0.3 is 5.69 Å². The molecule has 1 aromatic heterocycles. The van der Waals surface area contributed by atoms with Gasteiger partial charge in [-0.3, -0.25) is 4.57 Å². The Morgan fingerprint density at radius 2 is 2.30 bits per heavy atom. The largest absolute Gasteiger partial charge is 0.394 e. The highest BCUT2D eigenvalue weighted by Gasteiger charge is 2.35. The van der Waals surface area contributed by atoms with Crippen LogP contribution in [0.3, 0.4) is 0 Å². The summed E-state index contributed by atoms with van der Waals surface area (Å²) in [5.41, 5.74) is 5.66. The Hall–Kier alpha value is -1.88. The molecule has 0 amide bonds. The number of nitrogens with zero attached hydrogens (tertiary/aromatic N) is 2. The second kappa shape index (κ2) is 8.11. The van der Waals surface area contributed by atoms with Crippen LogP contribution in [0.2, 0.25) is 0 Å². The molecule has 23 heavy (non-hydrogen) atoms. The van der Waals surface area contributed by atoms with Crippen molar-refractivity contribution in [1.82, 2.24) is 9.55 Å². The zero-order valence-electron chi connectivity index (χ0n) is 13.2. The van der Waals surface area contributed by atoms with Crippen molar-refractivity contribution in [2.75, 3.05) is 12.3 Å². The molecule has 1 saturated heterocycles. The summed E-state index contributed by atoms with van der Waals surface area (Å²) >= 11 is 0. The molecule has 0 spiro atoms. The molecule has 0 aliphatic carbocycles. The van der Waals surface area contributed by atoms with Crippen molar-refractivity contribution in [3.63, 3.8) is 0 Å². The van der Waals surface area contributed by atoms with E-state index in [4.69, 9.17) is 15.6 Å². The standard InChI is InChI=1S/C16H23N3O4/c1-2-3-4-5-6-7-11-9-19(16(22)18-15(11)17)14-8-12(21)13(10-20)23-14/h9,12-14,20-21H,2-5,8,10H2,1H3,(H2,17,18,22)/t12-,13+,14+/m0/s1. The molecule has 126 valence electrons. The van der Waals surface area contributed by atoms with Gasteiger partial charge in [0.2, 0.25) is 0 Å². The average molecular weight is 321 g/mol. The molecule has 2 heterocycles. The van der Waals surface area contributed by atoms with Gasteiger partial charge in [-0.2, -0.15) is 4.98 Å². The highest BCUT2D eigenvalue weighted by Crippen LogP contribution is 2.27. The second-order valence-electron chi connectivity index (χ2n) is 5.60. The number of hydrogen-bond donors (Lipinski definition) is 3. The molecular formula is C16H23N3O4. The molecule has 7 heteroatoms. The van der Waals surface area contributed by atoms with Crippen LogP contribution >= 0.6 is 0 Å². The first-order chi connectivity index (χ1) is 11.1. The number of nitrogens with two attached hydrogens (primary N) is 1. The Labute approximate surface area is 135 Å². The van der Waals surface area contributed by atoms with Gasteiger partial charge in [-0.15, -0.1) is 0 Å². The molecule has 1 fully saturated rings. The van der Waals surface area contributed by atoms with Gasteiger partial charge in [0.25, 0.3) is 0 Å². The van der Waals surface area contributed by atoms with Crippen molar-refractivity contribution in [3.05, 3.63) is 22.2 Å². The van der Waals surface area contributed by atoms with E-state index < -0.39 is 24.1 Å². The van der Waals surface area contributed by atoms with E-state index in [9.17, 15) is 9.90 Å². The molecule has 0 unspecified atom stereocenters. The highest BCUT2D eigenvalue weighted by atomic mass is 16.5. The summed E-state index contributed by atoms with van der Waals surface area (Å²) in [6, 6.07) is 0. The molecule has 4 N–H and O–H groups in total. The maximum atomic E-state index is 12.0. The van der Waals surface area contributed by atoms with Crippen molar-refractivity contribution in [3.8, 4) is 11.8 Å². The monoisotopic (exact) mass is 321 g/mol. The zero-order chi connectivity index (χ0) is 16.8. The van der Waals surface area contributed by atoms with Crippen LogP contribution in [-0.2, 0) is 4.74 Å². The third-order valence-electron chi connectivity index (χ3n) is 3.80. The Bertz CT molecular complexity index is 647. The Kier molecular flexibility index (Phi) is 6.16. The number of hydrogen-bond acceptors (Lipinski definition) is 6. The summed E-state index contributed by atoms with van der Waals surface area (Å²) in [7, 11) is 0. The zero-order valence-corrected chi connectivity index (χ0v) is 13.2. The summed E-state index contributed by atoms with van der Waals surface area (Å²) in [6.45, 7) is 1.82. The minimum atomic E-state index is -0.821. The van der Waals surface area contributed by atoms with Crippen molar-refractivity contribution in [2.24, 2.45) is 0 Å². The molecule has 1 aromatic rings. The van der Waals surface area contributed by atoms with Crippen LogP contribution in [0.5, 0.6) is 0 Å². The van der Waals surface area contributed by atoms with Crippen LogP contribution in [0, 0.1) is 11.8 Å². The van der Waals surface area contributed by atoms with Gasteiger partial charge < -0.3 is 20.7 Å². The summed E-state index contributed by atoms with van der Waals surface area (Å²) in [6.07, 6.45) is 3.55. The van der Waals surface area contributed by atoms with E-state index in [1.807, 2.05) is 0 Å². The quantitative estimate of drug-likeness (QED) is 0.535. The molecular weight excluding hydrogens is 298 g/mol. The maximum absolute atomic E-state index is 12.0. The Morgan fingerprint density at radius 3 is 2.96 bits per heavy atom. The summed E-state index contributed by atoms with van der Waals surface area (Å²) in [4.78, 5) is 15.8. The first-order valence-corrected chi connectivity index (χ1v) is 7.88. The van der Waals surface area contributed by atoms with E-state index in [0.717, 1.165) is 25.7 Å². The lowest BCUT2D eigenvalue weighted by molar-refractivity contribution is -0.0458. The molecule has 3 atom stereocenters. The van der Waals surface area contributed by atoms with E-state index in [-0.39, 0.29) is 18.8 Å². The van der Waals surface area contributed by atoms with E-state index in [1.54, 1.807) is 0 Å². The number of aromatic nitrogens is 2. The third-order valence-corrected chi connectivity index (χ3v) is 3.80. The molecule has 1 aliphatic heterocycles. The van der Waals surface area contributed by atoms with E-state index >= 15 is 0 Å². The van der Waals surface area contributed by atoms with Crippen LogP contribution in [0.25, 0.3) is 0 Å². The number of aliphatic hydroxyl groups is 2. The minimum absolute atomic E-state index is 0.0893. The molecule has 7 nitrogen and oxygen atoms in total. The minimum Gasteiger partial charge on any atom is -0.394 e. The fraction of sp³-hybridized carbons (Fsp3) is 0.625. The topological polar surface area (TPSA) is 111 Å². The van der Waals surface area contributed by atoms with Gasteiger partial charge in [0.15, 0.2) is 0 Å². The van der Waals surface area contributed by atoms with Gasteiger partial charge in [-0.05, 0) is 6.42 Å². The third kappa shape index (κ3) is 4.32. The molecule has 2 rings (SSSR count). The number of aliphatic hydroxyl groups excluding tert-OH is 2. The molecule has 0 saturated carbocycles. The molecule has 1 aliphatic rings. The maximum Gasteiger partial charge on any atom is 0.351 e. The van der Waals surface area contributed by atoms with Crippen molar-refractivity contribution in [1.29, 1.82) is 0 Å². The van der Waals surface area contributed by atoms with Gasteiger partial charge in [0, 0.05) is 19.0 Å². The lowest BCUT2D eigenvalue weighted by Crippen LogP contribution is -2.28. The number of nitrogen functional groups attached to an aromatic ring is 1. The van der Waals surface area contributed by atoms with Gasteiger partial charge in [0.05, 0.1) is 18.3 Å². The van der Waals surface area contributed by atoms with Gasteiger partial charge in [-0.1, -0.05) is 31.6 Å². The average Bonchev–Trinajstić information content (AvgIpc) is 2.89. The normalized spacial score (nSPS) is 23.5. The molecule has 0 aromatic carbocycles. The number of rotatable bonds is 5. The number of ether oxygens (including phenoxy) is 1. The van der Waals surface area contributed by atoms with Crippen LogP contribution in [0.1, 0.15) is 50.8 Å². The van der Waals surface area contributed by atoms with Crippen LogP contribution in [0.4, 0.5) is 5.82 Å². The SMILES string of the molecule is CCCCCC#Cc1cn([C@H]2C[C@H](O)[C@@H](CO)O2)c(=O)nc1N. The lowest BCUT2D eigenvalue weighted by Gasteiger charge is -2.14. The number of unbranched alkanes of at least 4 members (excludes halogenated alkanes) is 3. The fourth-order valence-corrected chi connectivity index (χ4v) is 2.46. The van der Waals surface area contributed by atoms with Crippen LogP contribution in [0.15, 0.2) is 11.0 Å². The van der Waals surface area contributed by atoms with Crippen LogP contribution in [-0.4, -0.2) is 38.6 Å². The first kappa shape index (κ1) is 17.5. The Balaban J connectivity index is 2.18. The molecule has 0 radical (unpaired) electrons.